The van der Waals surface area contributed by atoms with Gasteiger partial charge in [0.25, 0.3) is 0 Å². The summed E-state index contributed by atoms with van der Waals surface area (Å²) in [6.07, 6.45) is 0. The lowest BCUT2D eigenvalue weighted by Gasteiger charge is -2.06. The van der Waals surface area contributed by atoms with E-state index < -0.39 is 35.3 Å². The summed E-state index contributed by atoms with van der Waals surface area (Å²) in [5, 5.41) is 0. The van der Waals surface area contributed by atoms with E-state index in [4.69, 9.17) is 9.07 Å². The second-order valence-electron chi connectivity index (χ2n) is 1.13. The van der Waals surface area contributed by atoms with Crippen LogP contribution in [0.25, 0.3) is 0 Å². The molecule has 9 heteroatoms. The first kappa shape index (κ1) is 10.8. The fourth-order valence-corrected chi connectivity index (χ4v) is 2.18. The molecule has 0 rings (SSSR count). The van der Waals surface area contributed by atoms with Crippen LogP contribution in [0.15, 0.2) is 0 Å². The Morgan fingerprint density at radius 3 is 1.90 bits per heavy atom. The van der Waals surface area contributed by atoms with Crippen LogP contribution in [0.1, 0.15) is 0 Å². The quantitative estimate of drug-likeness (QED) is 0.494. The lowest BCUT2D eigenvalue weighted by atomic mass is 11.6. The van der Waals surface area contributed by atoms with Gasteiger partial charge in [0, 0.05) is 0 Å². The molecule has 0 atom stereocenters. The van der Waals surface area contributed by atoms with Gasteiger partial charge in [0.15, 0.2) is 0 Å². The lowest BCUT2D eigenvalue weighted by molar-refractivity contribution is -0.0498. The molecule has 0 aliphatic heterocycles. The Morgan fingerprint density at radius 1 is 1.40 bits per heavy atom. The summed E-state index contributed by atoms with van der Waals surface area (Å²) < 4.78 is 56.9. The van der Waals surface area contributed by atoms with Crippen molar-refractivity contribution in [2.24, 2.45) is 0 Å². The van der Waals surface area contributed by atoms with Gasteiger partial charge in [-0.1, -0.05) is 0 Å². The highest BCUT2D eigenvalue weighted by atomic mass is 35.5. The molecule has 3 nitrogen and oxygen atoms in total. The van der Waals surface area contributed by atoms with Crippen LogP contribution in [0.4, 0.5) is 13.2 Å². The molecule has 0 heterocycles. The second kappa shape index (κ2) is 3.44. The Morgan fingerprint density at radius 2 is 1.80 bits per heavy atom. The van der Waals surface area contributed by atoms with E-state index in [0.717, 1.165) is 0 Å². The topological polar surface area (TPSA) is 43.4 Å². The summed E-state index contributed by atoms with van der Waals surface area (Å²) in [6, 6.07) is 0. The highest BCUT2D eigenvalue weighted by molar-refractivity contribution is 7.88. The van der Waals surface area contributed by atoms with Gasteiger partial charge in [-0.2, -0.15) is 21.6 Å². The molecular weight excluding hydrogens is 209 g/mol. The van der Waals surface area contributed by atoms with Gasteiger partial charge in [-0.3, -0.25) is 9.07 Å². The predicted molar refractivity (Wildman–Crippen MR) is 27.7 cm³/mol. The number of alkyl halides is 3. The first-order chi connectivity index (χ1) is 4.31. The van der Waals surface area contributed by atoms with E-state index in [-0.39, 0.29) is 0 Å². The normalized spacial score (nSPS) is 12.8. The zero-order valence-corrected chi connectivity index (χ0v) is 7.34. The third-order valence-corrected chi connectivity index (χ3v) is 3.45. The molecular formula is CClF3MgO3S. The third kappa shape index (κ3) is 2.78. The molecule has 0 fully saturated rings. The minimum Gasteiger partial charge on any atom is -0.429 e. The van der Waals surface area contributed by atoms with Crippen LogP contribution in [0, 0.1) is 0 Å². The zero-order chi connectivity index (χ0) is 8.41. The van der Waals surface area contributed by atoms with E-state index in [1.54, 1.807) is 0 Å². The van der Waals surface area contributed by atoms with Crippen LogP contribution in [-0.4, -0.2) is 33.6 Å². The number of hydrogen-bond acceptors (Lipinski definition) is 3. The highest BCUT2D eigenvalue weighted by Gasteiger charge is 2.46. The van der Waals surface area contributed by atoms with E-state index in [1.807, 2.05) is 0 Å². The van der Waals surface area contributed by atoms with Gasteiger partial charge in [-0.05, 0) is 0 Å². The average molecular weight is 209 g/mol. The Labute approximate surface area is 68.6 Å². The second-order valence-corrected chi connectivity index (χ2v) is 4.31. The molecule has 0 N–H and O–H groups in total. The van der Waals surface area contributed by atoms with E-state index in [0.29, 0.717) is 0 Å². The van der Waals surface area contributed by atoms with E-state index in [9.17, 15) is 21.6 Å². The molecule has 58 valence electrons. The van der Waals surface area contributed by atoms with E-state index in [2.05, 4.69) is 2.62 Å². The molecule has 10 heavy (non-hydrogen) atoms. The van der Waals surface area contributed by atoms with Crippen molar-refractivity contribution in [3.8, 4) is 0 Å². The molecule has 0 aliphatic carbocycles. The maximum atomic E-state index is 11.3. The third-order valence-electron chi connectivity index (χ3n) is 0.483. The summed E-state index contributed by atoms with van der Waals surface area (Å²) >= 11 is -2.11. The van der Waals surface area contributed by atoms with Crippen LogP contribution in [-0.2, 0) is 12.7 Å². The molecule has 0 saturated heterocycles. The summed E-state index contributed by atoms with van der Waals surface area (Å²) in [5.41, 5.74) is -5.35. The Balaban J connectivity index is 4.44. The number of rotatable bonds is 2. The number of halogens is 4. The maximum Gasteiger partial charge on any atom is 0.717 e. The van der Waals surface area contributed by atoms with Crippen molar-refractivity contribution in [3.05, 3.63) is 0 Å². The van der Waals surface area contributed by atoms with Crippen LogP contribution in [0.5, 0.6) is 0 Å². The molecule has 0 radical (unpaired) electrons. The number of hydrogen-bond donors (Lipinski definition) is 0. The van der Waals surface area contributed by atoms with Gasteiger partial charge in [0.2, 0.25) is 0 Å². The van der Waals surface area contributed by atoms with Crippen molar-refractivity contribution in [2.45, 2.75) is 5.51 Å². The molecule has 0 amide bonds. The van der Waals surface area contributed by atoms with Gasteiger partial charge in [-0.15, -0.1) is 0 Å². The summed E-state index contributed by atoms with van der Waals surface area (Å²) in [7, 11) is -0.688. The monoisotopic (exact) mass is 208 g/mol. The molecule has 0 bridgehead atoms. The van der Waals surface area contributed by atoms with Gasteiger partial charge in [0.1, 0.15) is 0 Å². The molecule has 0 aromatic heterocycles. The lowest BCUT2D eigenvalue weighted by Crippen LogP contribution is -2.25. The maximum absolute atomic E-state index is 11.3. The first-order valence-electron chi connectivity index (χ1n) is 1.83. The standard InChI is InChI=1S/CHF3O3S.ClH.Mg/c2-1(3,4)8(5,6)7;;/h(H,5,6,7);1H;/q;;+2/p-2. The molecule has 0 aliphatic rings. The van der Waals surface area contributed by atoms with Crippen molar-refractivity contribution in [1.29, 1.82) is 0 Å². The average Bonchev–Trinajstić information content (AvgIpc) is 1.61. The zero-order valence-electron chi connectivity index (χ0n) is 4.35. The summed E-state index contributed by atoms with van der Waals surface area (Å²) in [5.74, 6) is 0. The van der Waals surface area contributed by atoms with Crippen molar-refractivity contribution >= 4 is 38.9 Å². The van der Waals surface area contributed by atoms with Crippen LogP contribution < -0.4 is 0 Å². The molecule has 0 spiro atoms. The van der Waals surface area contributed by atoms with Crippen molar-refractivity contribution in [3.63, 3.8) is 0 Å². The molecule has 0 saturated carbocycles. The summed E-state index contributed by atoms with van der Waals surface area (Å²) in [4.78, 5) is 0. The summed E-state index contributed by atoms with van der Waals surface area (Å²) in [6.45, 7) is 0. The van der Waals surface area contributed by atoms with Crippen LogP contribution >= 0.6 is 9.07 Å². The van der Waals surface area contributed by atoms with Gasteiger partial charge in [0.05, 0.1) is 0 Å². The fourth-order valence-electron chi connectivity index (χ4n) is 0.125. The Kier molecular flexibility index (Phi) is 3.70. The first-order valence-corrected chi connectivity index (χ1v) is 5.95. The van der Waals surface area contributed by atoms with E-state index in [1.165, 1.54) is 0 Å². The van der Waals surface area contributed by atoms with Crippen molar-refractivity contribution < 1.29 is 24.2 Å². The minimum absolute atomic E-state index is 2.11. The fraction of sp³-hybridized carbons (Fsp3) is 1.00. The smallest absolute Gasteiger partial charge is 0.429 e. The Bertz CT molecular complexity index is 196. The van der Waals surface area contributed by atoms with Gasteiger partial charge < -0.3 is 2.62 Å². The minimum atomic E-state index is -5.42. The van der Waals surface area contributed by atoms with E-state index >= 15 is 0 Å². The van der Waals surface area contributed by atoms with Crippen LogP contribution in [0.3, 0.4) is 0 Å². The predicted octanol–water partition coefficient (Wildman–Crippen LogP) is 0.626. The van der Waals surface area contributed by atoms with Crippen molar-refractivity contribution in [1.82, 2.24) is 0 Å². The molecule has 0 aromatic rings. The molecule has 0 aromatic carbocycles. The largest absolute Gasteiger partial charge is 0.717 e. The highest BCUT2D eigenvalue weighted by Crippen LogP contribution is 2.23. The van der Waals surface area contributed by atoms with Crippen molar-refractivity contribution in [2.75, 3.05) is 0 Å². The van der Waals surface area contributed by atoms with Gasteiger partial charge in [-0.25, -0.2) is 0 Å². The molecule has 0 unspecified atom stereocenters. The van der Waals surface area contributed by atoms with Crippen LogP contribution in [0.2, 0.25) is 0 Å². The Hall–Kier alpha value is 0.756. The SMILES string of the molecule is O=S(=O)([O][Mg][Cl])C(F)(F)F. The van der Waals surface area contributed by atoms with Gasteiger partial charge >= 0.3 is 35.3 Å².